The molecule has 6 N–H and O–H groups in total. The second-order valence-corrected chi connectivity index (χ2v) is 10.5. The molecule has 0 aliphatic carbocycles. The Morgan fingerprint density at radius 2 is 1.72 bits per heavy atom. The number of halogens is 3. The van der Waals surface area contributed by atoms with Crippen molar-refractivity contribution in [3.8, 4) is 5.75 Å². The maximum absolute atomic E-state index is 13.5. The van der Waals surface area contributed by atoms with Crippen LogP contribution in [0.2, 0.25) is 0 Å². The number of ether oxygens (including phenoxy) is 2. The summed E-state index contributed by atoms with van der Waals surface area (Å²) in [5.74, 6) is 4.21. The summed E-state index contributed by atoms with van der Waals surface area (Å²) in [4.78, 5) is 24.5. The van der Waals surface area contributed by atoms with Crippen LogP contribution in [0, 0.1) is 6.92 Å². The molecule has 0 bridgehead atoms. The lowest BCUT2D eigenvalue weighted by Gasteiger charge is -2.20. The molecule has 0 saturated heterocycles. The van der Waals surface area contributed by atoms with E-state index in [0.29, 0.717) is 11.6 Å². The monoisotopic (exact) mass is 530 g/mol. The highest BCUT2D eigenvalue weighted by Gasteiger charge is 2.34. The first-order valence-electron chi connectivity index (χ1n) is 10.1. The number of amides is 1. The minimum absolute atomic E-state index is 0.0276. The molecule has 0 aliphatic rings. The van der Waals surface area contributed by atoms with Crippen LogP contribution >= 0.6 is 0 Å². The number of nitrogens with two attached hydrogens (primary N) is 2. The number of hydrazine groups is 1. The summed E-state index contributed by atoms with van der Waals surface area (Å²) in [6, 6.07) is 5.79. The highest BCUT2D eigenvalue weighted by molar-refractivity contribution is 8.02. The molecular weight excluding hydrogens is 503 g/mol. The lowest BCUT2D eigenvalue weighted by atomic mass is 10.1. The van der Waals surface area contributed by atoms with Gasteiger partial charge in [-0.15, -0.1) is 0 Å². The predicted octanol–water partition coefficient (Wildman–Crippen LogP) is 3.01. The molecule has 0 heterocycles. The normalized spacial score (nSPS) is 12.1. The van der Waals surface area contributed by atoms with Crippen LogP contribution in [-0.2, 0) is 30.0 Å². The fraction of sp³-hybridized carbons (Fsp3) is 0.273. The third-order valence-corrected chi connectivity index (χ3v) is 5.38. The van der Waals surface area contributed by atoms with E-state index < -0.39 is 33.7 Å². The van der Waals surface area contributed by atoms with E-state index in [9.17, 15) is 27.0 Å². The Morgan fingerprint density at radius 1 is 1.11 bits per heavy atom. The van der Waals surface area contributed by atoms with Gasteiger partial charge in [0, 0.05) is 5.56 Å². The average molecular weight is 531 g/mol. The molecule has 0 aliphatic heterocycles. The van der Waals surface area contributed by atoms with E-state index in [-0.39, 0.29) is 34.1 Å². The van der Waals surface area contributed by atoms with Gasteiger partial charge in [-0.05, 0) is 36.8 Å². The van der Waals surface area contributed by atoms with Crippen LogP contribution in [0.5, 0.6) is 5.75 Å². The summed E-state index contributed by atoms with van der Waals surface area (Å²) in [7, 11) is -0.395. The van der Waals surface area contributed by atoms with Crippen LogP contribution in [0.1, 0.15) is 21.5 Å². The number of anilines is 3. The molecule has 0 unspecified atom stereocenters. The topological polar surface area (TPSA) is 149 Å². The summed E-state index contributed by atoms with van der Waals surface area (Å²) in [5, 5.41) is 3.40. The Bertz CT molecular complexity index is 1240. The number of hydrogen-bond donors (Lipinski definition) is 4. The number of esters is 1. The minimum atomic E-state index is -4.76. The highest BCUT2D eigenvalue weighted by Crippen LogP contribution is 2.41. The van der Waals surface area contributed by atoms with Gasteiger partial charge in [-0.1, -0.05) is 10.3 Å². The maximum Gasteiger partial charge on any atom is 0.416 e. The number of nitrogens with zero attached hydrogens (tertiary/aromatic N) is 1. The molecule has 2 aromatic rings. The van der Waals surface area contributed by atoms with Crippen LogP contribution in [0.15, 0.2) is 42.2 Å². The minimum Gasteiger partial charge on any atom is -0.492 e. The van der Waals surface area contributed by atoms with Crippen molar-refractivity contribution in [3.05, 3.63) is 58.9 Å². The molecule has 0 aromatic heterocycles. The number of hydrogen-bond acceptors (Lipinski definition) is 8. The Hall–Kier alpha value is -3.78. The third kappa shape index (κ3) is 7.11. The van der Waals surface area contributed by atoms with E-state index in [2.05, 4.69) is 14.8 Å². The molecule has 36 heavy (non-hydrogen) atoms. The lowest BCUT2D eigenvalue weighted by Crippen LogP contribution is -2.29. The zero-order chi connectivity index (χ0) is 27.4. The van der Waals surface area contributed by atoms with Gasteiger partial charge in [-0.2, -0.15) is 13.2 Å². The largest absolute Gasteiger partial charge is 0.492 e. The fourth-order valence-corrected chi connectivity index (χ4v) is 3.74. The molecule has 0 fully saturated rings. The molecule has 10 nitrogen and oxygen atoms in total. The summed E-state index contributed by atoms with van der Waals surface area (Å²) in [6.07, 6.45) is -1.05. The molecule has 2 rings (SSSR count). The van der Waals surface area contributed by atoms with E-state index in [0.717, 1.165) is 24.4 Å². The van der Waals surface area contributed by atoms with Gasteiger partial charge in [0.05, 0.1) is 37.4 Å². The van der Waals surface area contributed by atoms with Crippen LogP contribution in [0.4, 0.5) is 30.2 Å². The zero-order valence-corrected chi connectivity index (χ0v) is 21.0. The predicted molar refractivity (Wildman–Crippen MR) is 132 cm³/mol. The first kappa shape index (κ1) is 28.5. The smallest absolute Gasteiger partial charge is 0.416 e. The first-order chi connectivity index (χ1) is 16.6. The number of methoxy groups -OCH3 is 2. The summed E-state index contributed by atoms with van der Waals surface area (Å²) >= 11 is 0. The molecule has 196 valence electrons. The number of benzene rings is 2. The number of nitrogens with one attached hydrogen (secondary N) is 2. The van der Waals surface area contributed by atoms with E-state index >= 15 is 0 Å². The molecule has 0 atom stereocenters. The van der Waals surface area contributed by atoms with Crippen molar-refractivity contribution in [2.45, 2.75) is 13.1 Å². The second kappa shape index (κ2) is 10.9. The van der Waals surface area contributed by atoms with E-state index in [1.807, 2.05) is 0 Å². The quantitative estimate of drug-likeness (QED) is 0.134. The molecular formula is C22H27F3N5O5S+. The standard InChI is InChI=1S/C22H26F3N5O5S/c1-12-6-7-13(8-18(12)30(27)11-15(26)21(32)35-3)20(31)28-16-9-14(22(23,24)25)10-17(19(16)34-2)29-36(4,5)33/h6-11H,26-27H2,1-5H3,(H-,28,29,31,33)/p+1/b15-11-. The van der Waals surface area contributed by atoms with Crippen molar-refractivity contribution in [1.82, 2.24) is 0 Å². The lowest BCUT2D eigenvalue weighted by molar-refractivity contribution is -0.137. The summed E-state index contributed by atoms with van der Waals surface area (Å²) in [5.41, 5.74) is 4.62. The molecule has 0 radical (unpaired) electrons. The van der Waals surface area contributed by atoms with Gasteiger partial charge < -0.3 is 20.5 Å². The second-order valence-electron chi connectivity index (χ2n) is 7.88. The van der Waals surface area contributed by atoms with Gasteiger partial charge in [-0.3, -0.25) is 9.80 Å². The fourth-order valence-electron chi connectivity index (χ4n) is 3.06. The highest BCUT2D eigenvalue weighted by atomic mass is 32.3. The van der Waals surface area contributed by atoms with Crippen LogP contribution in [0.25, 0.3) is 0 Å². The van der Waals surface area contributed by atoms with Gasteiger partial charge in [0.15, 0.2) is 15.9 Å². The van der Waals surface area contributed by atoms with Crippen molar-refractivity contribution in [3.63, 3.8) is 0 Å². The molecule has 1 amide bonds. The number of rotatable bonds is 8. The van der Waals surface area contributed by atoms with Crippen molar-refractivity contribution in [2.24, 2.45) is 11.6 Å². The average Bonchev–Trinajstić information content (AvgIpc) is 2.76. The van der Waals surface area contributed by atoms with Crippen molar-refractivity contribution in [1.29, 1.82) is 0 Å². The Labute approximate surface area is 206 Å². The van der Waals surface area contributed by atoms with E-state index in [1.165, 1.54) is 31.8 Å². The molecule has 2 aromatic carbocycles. The van der Waals surface area contributed by atoms with E-state index in [4.69, 9.17) is 16.3 Å². The zero-order valence-electron chi connectivity index (χ0n) is 20.1. The number of carbonyl (C=O) groups is 2. The number of alkyl halides is 3. The Balaban J connectivity index is 2.51. The van der Waals surface area contributed by atoms with Crippen molar-refractivity contribution >= 4 is 39.1 Å². The van der Waals surface area contributed by atoms with Gasteiger partial charge in [-0.25, -0.2) is 15.4 Å². The first-order valence-corrected chi connectivity index (χ1v) is 12.5. The van der Waals surface area contributed by atoms with Gasteiger partial charge >= 0.3 is 12.1 Å². The van der Waals surface area contributed by atoms with Crippen LogP contribution < -0.4 is 31.4 Å². The molecule has 0 spiro atoms. The maximum atomic E-state index is 13.5. The molecule has 0 saturated carbocycles. The SMILES string of the molecule is COC(=O)/C(N)=C/N(N)c1cc(C(=O)Nc2cc(C(F)(F)F)cc(N[S+](C)(C)=O)c2OC)ccc1C. The number of carbonyl (C=O) groups excluding carboxylic acids is 2. The van der Waals surface area contributed by atoms with Crippen LogP contribution in [-0.4, -0.2) is 38.6 Å². The Morgan fingerprint density at radius 3 is 2.25 bits per heavy atom. The molecule has 14 heteroatoms. The summed E-state index contributed by atoms with van der Waals surface area (Å²) in [6.45, 7) is 1.68. The Kier molecular flexibility index (Phi) is 8.59. The summed E-state index contributed by atoms with van der Waals surface area (Å²) < 4.78 is 65.0. The van der Waals surface area contributed by atoms with Gasteiger partial charge in [0.2, 0.25) is 0 Å². The third-order valence-electron chi connectivity index (χ3n) is 4.67. The van der Waals surface area contributed by atoms with Crippen molar-refractivity contribution < 1.29 is 36.4 Å². The number of aryl methyl sites for hydroxylation is 1. The van der Waals surface area contributed by atoms with E-state index in [1.54, 1.807) is 13.0 Å². The van der Waals surface area contributed by atoms with Crippen LogP contribution in [0.3, 0.4) is 0 Å². The van der Waals surface area contributed by atoms with Gasteiger partial charge in [0.25, 0.3) is 5.91 Å². The van der Waals surface area contributed by atoms with Gasteiger partial charge in [0.1, 0.15) is 23.9 Å². The van der Waals surface area contributed by atoms with Crippen molar-refractivity contribution in [2.75, 3.05) is 41.8 Å².